The Hall–Kier alpha value is -1.78. The smallest absolute Gasteiger partial charge is 0.230 e. The highest BCUT2D eigenvalue weighted by Crippen LogP contribution is 2.36. The van der Waals surface area contributed by atoms with Crippen LogP contribution in [0.2, 0.25) is 0 Å². The van der Waals surface area contributed by atoms with Crippen LogP contribution in [0.3, 0.4) is 0 Å². The maximum absolute atomic E-state index is 13.3. The molecule has 1 fully saturated rings. The van der Waals surface area contributed by atoms with E-state index in [1.54, 1.807) is 12.1 Å². The number of hydrogen-bond acceptors (Lipinski definition) is 4. The maximum Gasteiger partial charge on any atom is 0.230 e. The van der Waals surface area contributed by atoms with Crippen LogP contribution in [0.15, 0.2) is 22.9 Å². The fraction of sp³-hybridized carbons (Fsp3) is 0.364. The molecule has 16 heavy (non-hydrogen) atoms. The summed E-state index contributed by atoms with van der Waals surface area (Å²) in [7, 11) is 0. The number of nitrogens with zero attached hydrogens (tertiary/aromatic N) is 3. The van der Waals surface area contributed by atoms with Crippen LogP contribution < -0.4 is 0 Å². The van der Waals surface area contributed by atoms with E-state index in [1.165, 1.54) is 12.6 Å². The molecule has 5 heteroatoms. The van der Waals surface area contributed by atoms with Crippen molar-refractivity contribution in [1.29, 1.82) is 0 Å². The lowest BCUT2D eigenvalue weighted by Gasteiger charge is -2.20. The molecule has 0 bridgehead atoms. The Morgan fingerprint density at radius 3 is 2.94 bits per heavy atom. The zero-order valence-corrected chi connectivity index (χ0v) is 8.56. The summed E-state index contributed by atoms with van der Waals surface area (Å²) in [4.78, 5) is 7.76. The van der Waals surface area contributed by atoms with Crippen molar-refractivity contribution in [2.24, 2.45) is 0 Å². The first-order valence-electron chi connectivity index (χ1n) is 5.29. The SMILES string of the molecule is Fc1ncccc1-c1noc(C2CCC2)n1. The summed E-state index contributed by atoms with van der Waals surface area (Å²) in [6, 6.07) is 3.25. The van der Waals surface area contributed by atoms with E-state index < -0.39 is 5.95 Å². The van der Waals surface area contributed by atoms with E-state index in [0.29, 0.717) is 11.8 Å². The fourth-order valence-electron chi connectivity index (χ4n) is 1.72. The molecule has 0 aliphatic heterocycles. The number of pyridine rings is 1. The van der Waals surface area contributed by atoms with Gasteiger partial charge in [-0.1, -0.05) is 11.6 Å². The monoisotopic (exact) mass is 219 g/mol. The average Bonchev–Trinajstić information content (AvgIpc) is 2.65. The highest BCUT2D eigenvalue weighted by Gasteiger charge is 2.26. The van der Waals surface area contributed by atoms with E-state index >= 15 is 0 Å². The molecule has 0 N–H and O–H groups in total. The second kappa shape index (κ2) is 3.66. The summed E-state index contributed by atoms with van der Waals surface area (Å²) in [5.41, 5.74) is 0.289. The van der Waals surface area contributed by atoms with Gasteiger partial charge in [0.1, 0.15) is 0 Å². The second-order valence-corrected chi connectivity index (χ2v) is 3.93. The summed E-state index contributed by atoms with van der Waals surface area (Å²) in [6.45, 7) is 0. The topological polar surface area (TPSA) is 51.8 Å². The summed E-state index contributed by atoms with van der Waals surface area (Å²) in [5.74, 6) is 0.696. The fourth-order valence-corrected chi connectivity index (χ4v) is 1.72. The zero-order valence-electron chi connectivity index (χ0n) is 8.56. The first-order chi connectivity index (χ1) is 7.84. The predicted molar refractivity (Wildman–Crippen MR) is 54.1 cm³/mol. The zero-order chi connectivity index (χ0) is 11.0. The summed E-state index contributed by atoms with van der Waals surface area (Å²) in [6.07, 6.45) is 4.75. The molecule has 3 rings (SSSR count). The van der Waals surface area contributed by atoms with Crippen LogP contribution in [-0.4, -0.2) is 15.1 Å². The molecular weight excluding hydrogens is 209 g/mol. The van der Waals surface area contributed by atoms with Gasteiger partial charge in [0.05, 0.1) is 5.56 Å². The Kier molecular flexibility index (Phi) is 2.16. The van der Waals surface area contributed by atoms with Gasteiger partial charge in [0.15, 0.2) is 0 Å². The third-order valence-corrected chi connectivity index (χ3v) is 2.90. The summed E-state index contributed by atoms with van der Waals surface area (Å²) >= 11 is 0. The Bertz CT molecular complexity index is 507. The molecule has 0 unspecified atom stereocenters. The first-order valence-corrected chi connectivity index (χ1v) is 5.29. The van der Waals surface area contributed by atoms with Gasteiger partial charge in [-0.3, -0.25) is 0 Å². The van der Waals surface area contributed by atoms with Gasteiger partial charge >= 0.3 is 0 Å². The van der Waals surface area contributed by atoms with Crippen molar-refractivity contribution in [3.05, 3.63) is 30.2 Å². The van der Waals surface area contributed by atoms with E-state index in [1.807, 2.05) is 0 Å². The van der Waals surface area contributed by atoms with Crippen molar-refractivity contribution in [2.75, 3.05) is 0 Å². The van der Waals surface area contributed by atoms with Gasteiger partial charge in [-0.15, -0.1) is 0 Å². The molecule has 0 atom stereocenters. The Labute approximate surface area is 91.5 Å². The third kappa shape index (κ3) is 1.48. The number of halogens is 1. The lowest BCUT2D eigenvalue weighted by atomic mass is 9.85. The Balaban J connectivity index is 1.95. The van der Waals surface area contributed by atoms with Crippen LogP contribution in [0.25, 0.3) is 11.4 Å². The number of aromatic nitrogens is 3. The van der Waals surface area contributed by atoms with Crippen LogP contribution in [-0.2, 0) is 0 Å². The average molecular weight is 219 g/mol. The molecule has 0 saturated heterocycles. The van der Waals surface area contributed by atoms with E-state index in [0.717, 1.165) is 12.8 Å². The van der Waals surface area contributed by atoms with Crippen LogP contribution in [0.1, 0.15) is 31.1 Å². The molecule has 2 aromatic heterocycles. The van der Waals surface area contributed by atoms with E-state index in [4.69, 9.17) is 4.52 Å². The Morgan fingerprint density at radius 2 is 2.25 bits per heavy atom. The molecule has 1 aliphatic rings. The summed E-state index contributed by atoms with van der Waals surface area (Å²) in [5, 5.41) is 3.78. The molecule has 0 radical (unpaired) electrons. The molecule has 1 saturated carbocycles. The van der Waals surface area contributed by atoms with Gasteiger partial charge in [-0.05, 0) is 25.0 Å². The van der Waals surface area contributed by atoms with Crippen LogP contribution >= 0.6 is 0 Å². The largest absolute Gasteiger partial charge is 0.339 e. The van der Waals surface area contributed by atoms with E-state index in [9.17, 15) is 4.39 Å². The molecule has 0 aromatic carbocycles. The van der Waals surface area contributed by atoms with Crippen molar-refractivity contribution in [2.45, 2.75) is 25.2 Å². The maximum atomic E-state index is 13.3. The minimum atomic E-state index is -0.566. The highest BCUT2D eigenvalue weighted by atomic mass is 19.1. The van der Waals surface area contributed by atoms with Crippen molar-refractivity contribution < 1.29 is 8.91 Å². The minimum Gasteiger partial charge on any atom is -0.339 e. The Morgan fingerprint density at radius 1 is 1.38 bits per heavy atom. The predicted octanol–water partition coefficient (Wildman–Crippen LogP) is 2.54. The van der Waals surface area contributed by atoms with Crippen LogP contribution in [0.4, 0.5) is 4.39 Å². The van der Waals surface area contributed by atoms with Crippen molar-refractivity contribution in [3.63, 3.8) is 0 Å². The van der Waals surface area contributed by atoms with E-state index in [-0.39, 0.29) is 11.4 Å². The third-order valence-electron chi connectivity index (χ3n) is 2.90. The summed E-state index contributed by atoms with van der Waals surface area (Å²) < 4.78 is 18.5. The van der Waals surface area contributed by atoms with Crippen molar-refractivity contribution in [3.8, 4) is 11.4 Å². The molecule has 2 aromatic rings. The normalized spacial score (nSPS) is 16.1. The lowest BCUT2D eigenvalue weighted by molar-refractivity contribution is 0.292. The number of hydrogen-bond donors (Lipinski definition) is 0. The van der Waals surface area contributed by atoms with E-state index in [2.05, 4.69) is 15.1 Å². The van der Waals surface area contributed by atoms with Crippen LogP contribution in [0.5, 0.6) is 0 Å². The molecule has 4 nitrogen and oxygen atoms in total. The quantitative estimate of drug-likeness (QED) is 0.728. The minimum absolute atomic E-state index is 0.285. The molecule has 0 spiro atoms. The molecule has 82 valence electrons. The first kappa shape index (κ1) is 9.45. The van der Waals surface area contributed by atoms with Gasteiger partial charge < -0.3 is 4.52 Å². The van der Waals surface area contributed by atoms with Gasteiger partial charge in [0.25, 0.3) is 0 Å². The van der Waals surface area contributed by atoms with Crippen molar-refractivity contribution >= 4 is 0 Å². The standard InChI is InChI=1S/C11H10FN3O/c12-9-8(5-2-6-13-9)10-14-11(16-15-10)7-3-1-4-7/h2,5-7H,1,3-4H2. The second-order valence-electron chi connectivity index (χ2n) is 3.93. The van der Waals surface area contributed by atoms with Gasteiger partial charge in [-0.25, -0.2) is 4.98 Å². The van der Waals surface area contributed by atoms with Crippen LogP contribution in [0, 0.1) is 5.95 Å². The molecule has 1 aliphatic carbocycles. The van der Waals surface area contributed by atoms with Gasteiger partial charge in [0, 0.05) is 12.1 Å². The number of rotatable bonds is 2. The molecular formula is C11H10FN3O. The van der Waals surface area contributed by atoms with Crippen molar-refractivity contribution in [1.82, 2.24) is 15.1 Å². The van der Waals surface area contributed by atoms with Gasteiger partial charge in [0.2, 0.25) is 17.7 Å². The molecule has 2 heterocycles. The molecule has 0 amide bonds. The lowest BCUT2D eigenvalue weighted by Crippen LogP contribution is -2.08. The highest BCUT2D eigenvalue weighted by molar-refractivity contribution is 5.53. The van der Waals surface area contributed by atoms with Gasteiger partial charge in [-0.2, -0.15) is 9.37 Å².